The molecule has 1 aliphatic heterocycles. The van der Waals surface area contributed by atoms with Crippen molar-refractivity contribution in [3.05, 3.63) is 29.3 Å². The third-order valence-electron chi connectivity index (χ3n) is 4.39. The standard InChI is InChI=1S/C18H29NO/c1-2-3-4-5-6-7-8-9-18-17-14-16(20)11-10-15(17)12-13-19-18/h10-11,14,18-20H,2-9,12-13H2,1H3. The second kappa shape index (κ2) is 8.31. The normalized spacial score (nSPS) is 17.9. The average Bonchev–Trinajstić information content (AvgIpc) is 2.46. The van der Waals surface area contributed by atoms with Crippen LogP contribution in [0.4, 0.5) is 0 Å². The maximum absolute atomic E-state index is 9.67. The summed E-state index contributed by atoms with van der Waals surface area (Å²) in [4.78, 5) is 0. The largest absolute Gasteiger partial charge is 0.508 e. The maximum Gasteiger partial charge on any atom is 0.115 e. The Morgan fingerprint density at radius 3 is 2.65 bits per heavy atom. The van der Waals surface area contributed by atoms with Crippen LogP contribution in [0.5, 0.6) is 5.75 Å². The van der Waals surface area contributed by atoms with E-state index in [1.165, 1.54) is 62.5 Å². The number of phenols is 1. The molecule has 0 fully saturated rings. The van der Waals surface area contributed by atoms with Gasteiger partial charge < -0.3 is 10.4 Å². The molecule has 0 radical (unpaired) electrons. The van der Waals surface area contributed by atoms with Crippen LogP contribution in [0.15, 0.2) is 18.2 Å². The van der Waals surface area contributed by atoms with Gasteiger partial charge in [0, 0.05) is 6.04 Å². The molecule has 2 nitrogen and oxygen atoms in total. The van der Waals surface area contributed by atoms with Crippen LogP contribution in [0.1, 0.15) is 75.5 Å². The number of aromatic hydroxyl groups is 1. The molecule has 0 aromatic heterocycles. The molecule has 2 heteroatoms. The zero-order chi connectivity index (χ0) is 14.2. The minimum atomic E-state index is 0.400. The lowest BCUT2D eigenvalue weighted by atomic mass is 9.91. The first-order valence-corrected chi connectivity index (χ1v) is 8.36. The van der Waals surface area contributed by atoms with E-state index in [4.69, 9.17) is 0 Å². The van der Waals surface area contributed by atoms with E-state index in [9.17, 15) is 5.11 Å². The highest BCUT2D eigenvalue weighted by atomic mass is 16.3. The molecule has 20 heavy (non-hydrogen) atoms. The van der Waals surface area contributed by atoms with Crippen LogP contribution in [0.3, 0.4) is 0 Å². The molecule has 2 rings (SSSR count). The number of rotatable bonds is 8. The molecule has 1 heterocycles. The molecular weight excluding hydrogens is 246 g/mol. The molecule has 1 atom stereocenters. The number of hydrogen-bond donors (Lipinski definition) is 2. The van der Waals surface area contributed by atoms with E-state index in [1.54, 1.807) is 0 Å². The quantitative estimate of drug-likeness (QED) is 0.673. The van der Waals surface area contributed by atoms with Crippen molar-refractivity contribution in [2.75, 3.05) is 6.54 Å². The summed E-state index contributed by atoms with van der Waals surface area (Å²) in [5, 5.41) is 13.3. The lowest BCUT2D eigenvalue weighted by Gasteiger charge is -2.27. The molecule has 0 bridgehead atoms. The second-order valence-corrected chi connectivity index (χ2v) is 6.05. The fourth-order valence-electron chi connectivity index (χ4n) is 3.19. The molecule has 0 aliphatic carbocycles. The van der Waals surface area contributed by atoms with Crippen LogP contribution in [0.2, 0.25) is 0 Å². The van der Waals surface area contributed by atoms with Crippen LogP contribution in [-0.4, -0.2) is 11.7 Å². The Labute approximate surface area is 123 Å². The zero-order valence-corrected chi connectivity index (χ0v) is 12.8. The number of hydrogen-bond acceptors (Lipinski definition) is 2. The van der Waals surface area contributed by atoms with Crippen molar-refractivity contribution in [3.63, 3.8) is 0 Å². The lowest BCUT2D eigenvalue weighted by Crippen LogP contribution is -2.29. The fourth-order valence-corrected chi connectivity index (χ4v) is 3.19. The van der Waals surface area contributed by atoms with Crippen molar-refractivity contribution in [2.45, 2.75) is 70.8 Å². The summed E-state index contributed by atoms with van der Waals surface area (Å²) < 4.78 is 0. The molecule has 0 saturated heterocycles. The molecule has 0 spiro atoms. The van der Waals surface area contributed by atoms with Crippen molar-refractivity contribution in [2.24, 2.45) is 0 Å². The maximum atomic E-state index is 9.67. The monoisotopic (exact) mass is 275 g/mol. The third kappa shape index (κ3) is 4.52. The lowest BCUT2D eigenvalue weighted by molar-refractivity contribution is 0.438. The Balaban J connectivity index is 1.73. The van der Waals surface area contributed by atoms with Crippen LogP contribution in [0.25, 0.3) is 0 Å². The van der Waals surface area contributed by atoms with Gasteiger partial charge in [-0.3, -0.25) is 0 Å². The van der Waals surface area contributed by atoms with E-state index in [0.717, 1.165) is 13.0 Å². The first-order chi connectivity index (χ1) is 9.81. The molecule has 1 unspecified atom stereocenters. The van der Waals surface area contributed by atoms with Crippen LogP contribution >= 0.6 is 0 Å². The van der Waals surface area contributed by atoms with Gasteiger partial charge in [-0.1, -0.05) is 57.9 Å². The van der Waals surface area contributed by atoms with E-state index in [1.807, 2.05) is 12.1 Å². The van der Waals surface area contributed by atoms with Gasteiger partial charge in [0.1, 0.15) is 5.75 Å². The summed E-state index contributed by atoms with van der Waals surface area (Å²) >= 11 is 0. The summed E-state index contributed by atoms with van der Waals surface area (Å²) in [7, 11) is 0. The van der Waals surface area contributed by atoms with Gasteiger partial charge >= 0.3 is 0 Å². The average molecular weight is 275 g/mol. The topological polar surface area (TPSA) is 32.3 Å². The first kappa shape index (κ1) is 15.4. The third-order valence-corrected chi connectivity index (χ3v) is 4.39. The zero-order valence-electron chi connectivity index (χ0n) is 12.8. The second-order valence-electron chi connectivity index (χ2n) is 6.05. The number of phenolic OH excluding ortho intramolecular Hbond substituents is 1. The van der Waals surface area contributed by atoms with Gasteiger partial charge in [-0.15, -0.1) is 0 Å². The number of unbranched alkanes of at least 4 members (excludes halogenated alkanes) is 6. The van der Waals surface area contributed by atoms with Crippen molar-refractivity contribution < 1.29 is 5.11 Å². The smallest absolute Gasteiger partial charge is 0.115 e. The van der Waals surface area contributed by atoms with Crippen LogP contribution < -0.4 is 5.32 Å². The summed E-state index contributed by atoms with van der Waals surface area (Å²) in [5.74, 6) is 0.400. The number of nitrogens with one attached hydrogen (secondary N) is 1. The van der Waals surface area contributed by atoms with Gasteiger partial charge in [-0.05, 0) is 42.6 Å². The van der Waals surface area contributed by atoms with Crippen molar-refractivity contribution in [1.82, 2.24) is 5.32 Å². The summed E-state index contributed by atoms with van der Waals surface area (Å²) in [6, 6.07) is 6.30. The molecule has 112 valence electrons. The van der Waals surface area contributed by atoms with E-state index in [0.29, 0.717) is 11.8 Å². The van der Waals surface area contributed by atoms with Gasteiger partial charge in [-0.2, -0.15) is 0 Å². The van der Waals surface area contributed by atoms with Gasteiger partial charge in [-0.25, -0.2) is 0 Å². The van der Waals surface area contributed by atoms with Gasteiger partial charge in [0.25, 0.3) is 0 Å². The number of benzene rings is 1. The molecule has 1 aliphatic rings. The summed E-state index contributed by atoms with van der Waals surface area (Å²) in [5.41, 5.74) is 2.73. The fraction of sp³-hybridized carbons (Fsp3) is 0.667. The predicted molar refractivity (Wildman–Crippen MR) is 85.2 cm³/mol. The Bertz CT molecular complexity index is 402. The molecule has 0 saturated carbocycles. The minimum absolute atomic E-state index is 0.400. The van der Waals surface area contributed by atoms with E-state index < -0.39 is 0 Å². The molecule has 2 N–H and O–H groups in total. The highest BCUT2D eigenvalue weighted by molar-refractivity contribution is 5.38. The highest BCUT2D eigenvalue weighted by Crippen LogP contribution is 2.30. The Morgan fingerprint density at radius 1 is 1.10 bits per heavy atom. The summed E-state index contributed by atoms with van der Waals surface area (Å²) in [6.45, 7) is 3.33. The van der Waals surface area contributed by atoms with E-state index >= 15 is 0 Å². The van der Waals surface area contributed by atoms with Gasteiger partial charge in [0.2, 0.25) is 0 Å². The van der Waals surface area contributed by atoms with Gasteiger partial charge in [0.05, 0.1) is 0 Å². The van der Waals surface area contributed by atoms with Crippen LogP contribution in [-0.2, 0) is 6.42 Å². The molecule has 1 aromatic rings. The molecule has 0 amide bonds. The number of fused-ring (bicyclic) bond motifs is 1. The van der Waals surface area contributed by atoms with Crippen LogP contribution in [0, 0.1) is 0 Å². The Hall–Kier alpha value is -1.02. The molecule has 1 aromatic carbocycles. The van der Waals surface area contributed by atoms with E-state index in [2.05, 4.69) is 18.3 Å². The first-order valence-electron chi connectivity index (χ1n) is 8.36. The highest BCUT2D eigenvalue weighted by Gasteiger charge is 2.19. The Morgan fingerprint density at radius 2 is 1.85 bits per heavy atom. The Kier molecular flexibility index (Phi) is 6.38. The SMILES string of the molecule is CCCCCCCCCC1NCCc2ccc(O)cc21. The summed E-state index contributed by atoms with van der Waals surface area (Å²) in [6.07, 6.45) is 11.8. The molecular formula is C18H29NO. The van der Waals surface area contributed by atoms with Crippen molar-refractivity contribution in [3.8, 4) is 5.75 Å². The van der Waals surface area contributed by atoms with E-state index in [-0.39, 0.29) is 0 Å². The van der Waals surface area contributed by atoms with Crippen molar-refractivity contribution in [1.29, 1.82) is 0 Å². The van der Waals surface area contributed by atoms with Gasteiger partial charge in [0.15, 0.2) is 0 Å². The minimum Gasteiger partial charge on any atom is -0.508 e. The predicted octanol–water partition coefficient (Wildman–Crippen LogP) is 4.72. The van der Waals surface area contributed by atoms with Crippen molar-refractivity contribution >= 4 is 0 Å².